The normalized spacial score (nSPS) is 20.8. The molecule has 7 heteroatoms. The van der Waals surface area contributed by atoms with Gasteiger partial charge in [-0.2, -0.15) is 4.31 Å². The first kappa shape index (κ1) is 20.0. The van der Waals surface area contributed by atoms with Crippen molar-refractivity contribution in [2.75, 3.05) is 20.1 Å². The maximum Gasteiger partial charge on any atom is 0.244 e. The number of sulfonamides is 1. The fraction of sp³-hybridized carbons (Fsp3) is 0.455. The number of nitrogens with zero attached hydrogens (tertiary/aromatic N) is 3. The lowest BCUT2D eigenvalue weighted by Gasteiger charge is -2.37. The minimum atomic E-state index is -3.55. The predicted octanol–water partition coefficient (Wildman–Crippen LogP) is 3.02. The fourth-order valence-corrected chi connectivity index (χ4v) is 6.00. The van der Waals surface area contributed by atoms with Crippen LogP contribution in [0.5, 0.6) is 0 Å². The maximum absolute atomic E-state index is 13.2. The summed E-state index contributed by atoms with van der Waals surface area (Å²) in [5, 5.41) is 0. The zero-order valence-corrected chi connectivity index (χ0v) is 17.5. The summed E-state index contributed by atoms with van der Waals surface area (Å²) in [6.07, 6.45) is 7.17. The molecule has 2 aromatic rings. The van der Waals surface area contributed by atoms with E-state index in [9.17, 15) is 13.2 Å². The molecule has 29 heavy (non-hydrogen) atoms. The highest BCUT2D eigenvalue weighted by atomic mass is 32.2. The van der Waals surface area contributed by atoms with E-state index < -0.39 is 10.0 Å². The molecule has 0 bridgehead atoms. The van der Waals surface area contributed by atoms with Gasteiger partial charge in [0.05, 0.1) is 6.04 Å². The molecule has 154 valence electrons. The second kappa shape index (κ2) is 8.24. The van der Waals surface area contributed by atoms with E-state index >= 15 is 0 Å². The van der Waals surface area contributed by atoms with Crippen LogP contribution in [0.15, 0.2) is 53.7 Å². The van der Waals surface area contributed by atoms with Gasteiger partial charge in [0.25, 0.3) is 0 Å². The molecular weight excluding hydrogens is 386 g/mol. The third kappa shape index (κ3) is 3.94. The van der Waals surface area contributed by atoms with Crippen molar-refractivity contribution in [3.05, 3.63) is 59.9 Å². The SMILES string of the molecule is CN(C(=O)C1CCN(S(=O)(=O)c2cccnc2)CC1)C1CCCc2ccccc21. The minimum absolute atomic E-state index is 0.115. The standard InChI is InChI=1S/C22H27N3O3S/c1-24(21-10-4-7-17-6-2-3-9-20(17)21)22(26)18-11-14-25(15-12-18)29(27,28)19-8-5-13-23-16-19/h2-3,5-6,8-9,13,16,18,21H,4,7,10-12,14-15H2,1H3. The molecule has 4 rings (SSSR count). The number of aromatic nitrogens is 1. The van der Waals surface area contributed by atoms with Crippen LogP contribution in [0.4, 0.5) is 0 Å². The molecule has 6 nitrogen and oxygen atoms in total. The molecule has 0 radical (unpaired) electrons. The number of hydrogen-bond acceptors (Lipinski definition) is 4. The molecule has 2 aliphatic rings. The Kier molecular flexibility index (Phi) is 5.69. The summed E-state index contributed by atoms with van der Waals surface area (Å²) in [4.78, 5) is 19.2. The van der Waals surface area contributed by atoms with Gasteiger partial charge in [0.15, 0.2) is 0 Å². The monoisotopic (exact) mass is 413 g/mol. The van der Waals surface area contributed by atoms with Gasteiger partial charge in [-0.3, -0.25) is 9.78 Å². The Bertz CT molecular complexity index is 970. The van der Waals surface area contributed by atoms with E-state index in [-0.39, 0.29) is 22.8 Å². The van der Waals surface area contributed by atoms with Crippen molar-refractivity contribution in [3.8, 4) is 0 Å². The van der Waals surface area contributed by atoms with Crippen LogP contribution in [0, 0.1) is 5.92 Å². The van der Waals surface area contributed by atoms with E-state index in [1.807, 2.05) is 18.0 Å². The number of carbonyl (C=O) groups is 1. The van der Waals surface area contributed by atoms with Crippen molar-refractivity contribution in [2.45, 2.75) is 43.0 Å². The Morgan fingerprint density at radius 1 is 1.10 bits per heavy atom. The van der Waals surface area contributed by atoms with Crippen LogP contribution in [-0.4, -0.2) is 48.7 Å². The van der Waals surface area contributed by atoms with Crippen LogP contribution in [-0.2, 0) is 21.2 Å². The van der Waals surface area contributed by atoms with E-state index in [4.69, 9.17) is 0 Å². The first-order chi connectivity index (χ1) is 14.0. The van der Waals surface area contributed by atoms with Crippen molar-refractivity contribution in [2.24, 2.45) is 5.92 Å². The summed E-state index contributed by atoms with van der Waals surface area (Å²) in [6, 6.07) is 11.7. The number of rotatable bonds is 4. The van der Waals surface area contributed by atoms with Crippen molar-refractivity contribution < 1.29 is 13.2 Å². The van der Waals surface area contributed by atoms with Crippen LogP contribution in [0.2, 0.25) is 0 Å². The van der Waals surface area contributed by atoms with Crippen molar-refractivity contribution >= 4 is 15.9 Å². The van der Waals surface area contributed by atoms with Crippen molar-refractivity contribution in [3.63, 3.8) is 0 Å². The summed E-state index contributed by atoms with van der Waals surface area (Å²) in [5.74, 6) is -0.000402. The Hall–Kier alpha value is -2.25. The third-order valence-corrected chi connectivity index (χ3v) is 8.11. The maximum atomic E-state index is 13.2. The van der Waals surface area contributed by atoms with E-state index in [1.54, 1.807) is 18.3 Å². The van der Waals surface area contributed by atoms with Crippen LogP contribution in [0.25, 0.3) is 0 Å². The average molecular weight is 414 g/mol. The summed E-state index contributed by atoms with van der Waals surface area (Å²) < 4.78 is 27.0. The number of piperidine rings is 1. The predicted molar refractivity (Wildman–Crippen MR) is 111 cm³/mol. The second-order valence-electron chi connectivity index (χ2n) is 7.92. The van der Waals surface area contributed by atoms with Crippen LogP contribution in [0.3, 0.4) is 0 Å². The van der Waals surface area contributed by atoms with Gasteiger partial charge >= 0.3 is 0 Å². The van der Waals surface area contributed by atoms with Gasteiger partial charge in [0, 0.05) is 38.4 Å². The number of carbonyl (C=O) groups excluding carboxylic acids is 1. The lowest BCUT2D eigenvalue weighted by atomic mass is 9.86. The number of benzene rings is 1. The van der Waals surface area contributed by atoms with E-state index in [1.165, 1.54) is 21.6 Å². The molecule has 1 aliphatic carbocycles. The minimum Gasteiger partial charge on any atom is -0.338 e. The largest absolute Gasteiger partial charge is 0.338 e. The molecule has 1 aromatic carbocycles. The number of amides is 1. The molecule has 1 aliphatic heterocycles. The summed E-state index contributed by atoms with van der Waals surface area (Å²) in [7, 11) is -1.65. The van der Waals surface area contributed by atoms with Crippen LogP contribution >= 0.6 is 0 Å². The number of aryl methyl sites for hydroxylation is 1. The van der Waals surface area contributed by atoms with Gasteiger partial charge in [-0.25, -0.2) is 8.42 Å². The van der Waals surface area contributed by atoms with Crippen LogP contribution in [0.1, 0.15) is 42.9 Å². The highest BCUT2D eigenvalue weighted by Gasteiger charge is 2.35. The quantitative estimate of drug-likeness (QED) is 0.773. The number of fused-ring (bicyclic) bond motifs is 1. The Labute approximate surface area is 172 Å². The Balaban J connectivity index is 1.42. The van der Waals surface area contributed by atoms with Gasteiger partial charge in [0.1, 0.15) is 4.90 Å². The Morgan fingerprint density at radius 3 is 2.59 bits per heavy atom. The molecular formula is C22H27N3O3S. The molecule has 1 amide bonds. The molecule has 1 atom stereocenters. The van der Waals surface area contributed by atoms with E-state index in [0.29, 0.717) is 25.9 Å². The van der Waals surface area contributed by atoms with E-state index in [2.05, 4.69) is 23.2 Å². The highest BCUT2D eigenvalue weighted by molar-refractivity contribution is 7.89. The topological polar surface area (TPSA) is 70.6 Å². The lowest BCUT2D eigenvalue weighted by molar-refractivity contribution is -0.138. The highest BCUT2D eigenvalue weighted by Crippen LogP contribution is 2.35. The van der Waals surface area contributed by atoms with Gasteiger partial charge < -0.3 is 4.90 Å². The third-order valence-electron chi connectivity index (χ3n) is 6.23. The first-order valence-electron chi connectivity index (χ1n) is 10.2. The van der Waals surface area contributed by atoms with Gasteiger partial charge in [-0.1, -0.05) is 24.3 Å². The van der Waals surface area contributed by atoms with Gasteiger partial charge in [-0.05, 0) is 55.4 Å². The summed E-state index contributed by atoms with van der Waals surface area (Å²) in [5.41, 5.74) is 2.59. The average Bonchev–Trinajstić information content (AvgIpc) is 2.78. The number of pyridine rings is 1. The second-order valence-corrected chi connectivity index (χ2v) is 9.86. The molecule has 1 aromatic heterocycles. The smallest absolute Gasteiger partial charge is 0.244 e. The Morgan fingerprint density at radius 2 is 1.86 bits per heavy atom. The molecule has 2 heterocycles. The molecule has 1 unspecified atom stereocenters. The lowest BCUT2D eigenvalue weighted by Crippen LogP contribution is -2.44. The molecule has 0 saturated carbocycles. The molecule has 0 N–H and O–H groups in total. The van der Waals surface area contributed by atoms with Crippen molar-refractivity contribution in [1.29, 1.82) is 0 Å². The van der Waals surface area contributed by atoms with Crippen LogP contribution < -0.4 is 0 Å². The fourth-order valence-electron chi connectivity index (χ4n) is 4.56. The van der Waals surface area contributed by atoms with E-state index in [0.717, 1.165) is 19.3 Å². The molecule has 0 spiro atoms. The van der Waals surface area contributed by atoms with Gasteiger partial charge in [0.2, 0.25) is 15.9 Å². The molecule has 1 saturated heterocycles. The zero-order valence-electron chi connectivity index (χ0n) is 16.7. The first-order valence-corrected chi connectivity index (χ1v) is 11.7. The molecule has 1 fully saturated rings. The number of hydrogen-bond donors (Lipinski definition) is 0. The zero-order chi connectivity index (χ0) is 20.4. The summed E-state index contributed by atoms with van der Waals surface area (Å²) in [6.45, 7) is 0.728. The van der Waals surface area contributed by atoms with Crippen molar-refractivity contribution in [1.82, 2.24) is 14.2 Å². The summed E-state index contributed by atoms with van der Waals surface area (Å²) >= 11 is 0. The van der Waals surface area contributed by atoms with Gasteiger partial charge in [-0.15, -0.1) is 0 Å².